The Bertz CT molecular complexity index is 536. The summed E-state index contributed by atoms with van der Waals surface area (Å²) in [5.41, 5.74) is 2.17. The lowest BCUT2D eigenvalue weighted by Gasteiger charge is -2.18. The number of carboxylic acids is 2. The average Bonchev–Trinajstić information content (AvgIpc) is 2.97. The van der Waals surface area contributed by atoms with E-state index in [0.29, 0.717) is 18.4 Å². The van der Waals surface area contributed by atoms with Crippen molar-refractivity contribution < 1.29 is 24.9 Å². The second-order valence-electron chi connectivity index (χ2n) is 4.46. The molecule has 2 aliphatic rings. The normalized spacial score (nSPS) is 20.6. The maximum absolute atomic E-state index is 11.3. The van der Waals surface area contributed by atoms with Gasteiger partial charge in [-0.3, -0.25) is 4.79 Å². The second kappa shape index (κ2) is 5.24. The smallest absolute Gasteiger partial charge is 0.333 e. The molecule has 0 aliphatic heterocycles. The van der Waals surface area contributed by atoms with Crippen LogP contribution < -0.4 is 0 Å². The van der Waals surface area contributed by atoms with Crippen molar-refractivity contribution in [3.8, 4) is 0 Å². The highest BCUT2D eigenvalue weighted by Crippen LogP contribution is 2.35. The Kier molecular flexibility index (Phi) is 3.66. The first-order valence-corrected chi connectivity index (χ1v) is 5.91. The molecule has 2 unspecified atom stereocenters. The van der Waals surface area contributed by atoms with Crippen molar-refractivity contribution in [3.05, 3.63) is 47.1 Å². The van der Waals surface area contributed by atoms with E-state index in [2.05, 4.69) is 0 Å². The summed E-state index contributed by atoms with van der Waals surface area (Å²) in [6.07, 6.45) is 8.42. The van der Waals surface area contributed by atoms with Crippen LogP contribution in [0.2, 0.25) is 0 Å². The molecule has 5 nitrogen and oxygen atoms in total. The number of rotatable bonds is 5. The fourth-order valence-corrected chi connectivity index (χ4v) is 2.38. The van der Waals surface area contributed by atoms with Gasteiger partial charge in [0.2, 0.25) is 0 Å². The Hall–Kier alpha value is -2.14. The first-order valence-electron chi connectivity index (χ1n) is 5.91. The van der Waals surface area contributed by atoms with Crippen LogP contribution in [0.5, 0.6) is 0 Å². The van der Waals surface area contributed by atoms with Crippen molar-refractivity contribution >= 4 is 11.9 Å². The molecule has 0 heterocycles. The number of hydrogen-bond acceptors (Lipinski definition) is 3. The number of aliphatic hydroxyl groups is 1. The average molecular weight is 262 g/mol. The van der Waals surface area contributed by atoms with Gasteiger partial charge in [-0.1, -0.05) is 30.4 Å². The third-order valence-corrected chi connectivity index (χ3v) is 3.30. The highest BCUT2D eigenvalue weighted by Gasteiger charge is 2.37. The first kappa shape index (κ1) is 13.3. The number of carboxylic acid groups (broad SMARTS) is 2. The van der Waals surface area contributed by atoms with Crippen LogP contribution in [0.25, 0.3) is 0 Å². The molecule has 0 aromatic rings. The number of hydrogen-bond donors (Lipinski definition) is 3. The fraction of sp³-hybridized carbons (Fsp3) is 0.286. The summed E-state index contributed by atoms with van der Waals surface area (Å²) >= 11 is 0. The van der Waals surface area contributed by atoms with E-state index in [0.717, 1.165) is 11.1 Å². The van der Waals surface area contributed by atoms with E-state index < -0.39 is 24.0 Å². The van der Waals surface area contributed by atoms with Gasteiger partial charge in [0, 0.05) is 0 Å². The Morgan fingerprint density at radius 1 is 1.11 bits per heavy atom. The van der Waals surface area contributed by atoms with Gasteiger partial charge in [-0.2, -0.15) is 0 Å². The highest BCUT2D eigenvalue weighted by molar-refractivity contribution is 5.85. The van der Waals surface area contributed by atoms with Crippen LogP contribution in [-0.2, 0) is 9.59 Å². The van der Waals surface area contributed by atoms with Crippen molar-refractivity contribution in [2.24, 2.45) is 5.92 Å². The van der Waals surface area contributed by atoms with Crippen LogP contribution >= 0.6 is 0 Å². The molecule has 0 fully saturated rings. The van der Waals surface area contributed by atoms with Gasteiger partial charge in [-0.25, -0.2) is 4.79 Å². The number of aliphatic carboxylic acids is 2. The standard InChI is InChI=1S/C14H14O5/c15-12(14(18)19)11(13(16)17)10-7-3-6-9(10)8-4-1-2-5-8/h1-4,7,11-12,15H,5-6H2,(H,16,17)(H,18,19). The number of carbonyl (C=O) groups is 2. The minimum Gasteiger partial charge on any atom is -0.481 e. The molecule has 5 heteroatoms. The lowest BCUT2D eigenvalue weighted by molar-refractivity contribution is -0.157. The largest absolute Gasteiger partial charge is 0.481 e. The van der Waals surface area contributed by atoms with Crippen LogP contribution in [0.3, 0.4) is 0 Å². The van der Waals surface area contributed by atoms with Gasteiger partial charge in [-0.05, 0) is 29.6 Å². The summed E-state index contributed by atoms with van der Waals surface area (Å²) in [7, 11) is 0. The molecule has 0 amide bonds. The highest BCUT2D eigenvalue weighted by atomic mass is 16.4. The molecule has 0 aromatic heterocycles. The summed E-state index contributed by atoms with van der Waals surface area (Å²) in [5.74, 6) is -4.30. The Balaban J connectivity index is 2.39. The van der Waals surface area contributed by atoms with E-state index in [9.17, 15) is 19.8 Å². The van der Waals surface area contributed by atoms with E-state index in [1.807, 2.05) is 18.2 Å². The van der Waals surface area contributed by atoms with Gasteiger partial charge < -0.3 is 15.3 Å². The van der Waals surface area contributed by atoms with Crippen LogP contribution in [0.1, 0.15) is 12.8 Å². The zero-order valence-corrected chi connectivity index (χ0v) is 10.1. The van der Waals surface area contributed by atoms with Gasteiger partial charge in [-0.15, -0.1) is 0 Å². The molecule has 0 aromatic carbocycles. The zero-order valence-electron chi connectivity index (χ0n) is 10.1. The van der Waals surface area contributed by atoms with Crippen LogP contribution in [0, 0.1) is 5.92 Å². The van der Waals surface area contributed by atoms with Gasteiger partial charge >= 0.3 is 11.9 Å². The molecule has 3 N–H and O–H groups in total. The minimum absolute atomic E-state index is 0.386. The summed E-state index contributed by atoms with van der Waals surface area (Å²) in [6, 6.07) is 0. The lowest BCUT2D eigenvalue weighted by atomic mass is 9.88. The van der Waals surface area contributed by atoms with Crippen LogP contribution in [-0.4, -0.2) is 33.4 Å². The summed E-state index contributed by atoms with van der Waals surface area (Å²) < 4.78 is 0. The van der Waals surface area contributed by atoms with Crippen molar-refractivity contribution in [1.82, 2.24) is 0 Å². The zero-order chi connectivity index (χ0) is 14.0. The molecule has 100 valence electrons. The quantitative estimate of drug-likeness (QED) is 0.693. The van der Waals surface area contributed by atoms with E-state index in [-0.39, 0.29) is 0 Å². The predicted molar refractivity (Wildman–Crippen MR) is 67.4 cm³/mol. The third-order valence-electron chi connectivity index (χ3n) is 3.30. The van der Waals surface area contributed by atoms with E-state index in [1.54, 1.807) is 12.2 Å². The monoisotopic (exact) mass is 262 g/mol. The van der Waals surface area contributed by atoms with Crippen molar-refractivity contribution in [3.63, 3.8) is 0 Å². The Labute approximate surface area is 109 Å². The summed E-state index contributed by atoms with van der Waals surface area (Å²) in [4.78, 5) is 22.1. The number of aliphatic hydroxyl groups excluding tert-OH is 1. The van der Waals surface area contributed by atoms with Gasteiger partial charge in [0.25, 0.3) is 0 Å². The summed E-state index contributed by atoms with van der Waals surface area (Å²) in [6.45, 7) is 0. The van der Waals surface area contributed by atoms with Crippen LogP contribution in [0.4, 0.5) is 0 Å². The second-order valence-corrected chi connectivity index (χ2v) is 4.46. The lowest BCUT2D eigenvalue weighted by Crippen LogP contribution is -2.36. The molecule has 0 bridgehead atoms. The number of allylic oxidation sites excluding steroid dienone is 7. The molecular weight excluding hydrogens is 248 g/mol. The molecule has 0 spiro atoms. The molecule has 2 atom stereocenters. The van der Waals surface area contributed by atoms with E-state index >= 15 is 0 Å². The summed E-state index contributed by atoms with van der Waals surface area (Å²) in [5, 5.41) is 27.6. The first-order chi connectivity index (χ1) is 9.02. The SMILES string of the molecule is O=C(O)C(O)C(C(=O)O)C1=C(C2=CC=CC2)CC=C1. The fourth-order valence-electron chi connectivity index (χ4n) is 2.38. The van der Waals surface area contributed by atoms with Gasteiger partial charge in [0.05, 0.1) is 0 Å². The molecule has 0 saturated heterocycles. The Morgan fingerprint density at radius 3 is 2.37 bits per heavy atom. The van der Waals surface area contributed by atoms with Gasteiger partial charge in [0.15, 0.2) is 6.10 Å². The molecule has 0 saturated carbocycles. The molecular formula is C14H14O5. The molecule has 2 aliphatic carbocycles. The van der Waals surface area contributed by atoms with Crippen molar-refractivity contribution in [2.45, 2.75) is 18.9 Å². The van der Waals surface area contributed by atoms with Crippen LogP contribution in [0.15, 0.2) is 47.1 Å². The molecule has 0 radical (unpaired) electrons. The molecule has 19 heavy (non-hydrogen) atoms. The van der Waals surface area contributed by atoms with Crippen molar-refractivity contribution in [2.75, 3.05) is 0 Å². The molecule has 2 rings (SSSR count). The Morgan fingerprint density at radius 2 is 1.84 bits per heavy atom. The van der Waals surface area contributed by atoms with Gasteiger partial charge in [0.1, 0.15) is 5.92 Å². The topological polar surface area (TPSA) is 94.8 Å². The van der Waals surface area contributed by atoms with Crippen molar-refractivity contribution in [1.29, 1.82) is 0 Å². The predicted octanol–water partition coefficient (Wildman–Crippen LogP) is 1.28. The van der Waals surface area contributed by atoms with E-state index in [4.69, 9.17) is 5.11 Å². The minimum atomic E-state index is -1.94. The van der Waals surface area contributed by atoms with E-state index in [1.165, 1.54) is 0 Å². The third kappa shape index (κ3) is 2.51. The maximum atomic E-state index is 11.3. The maximum Gasteiger partial charge on any atom is 0.333 e.